The van der Waals surface area contributed by atoms with Crippen molar-refractivity contribution in [1.82, 2.24) is 10.2 Å². The van der Waals surface area contributed by atoms with E-state index in [2.05, 4.69) is 33.1 Å². The van der Waals surface area contributed by atoms with Gasteiger partial charge in [-0.3, -0.25) is 10.1 Å². The Morgan fingerprint density at radius 3 is 3.00 bits per heavy atom. The number of rotatable bonds is 2. The van der Waals surface area contributed by atoms with Crippen molar-refractivity contribution in [1.29, 1.82) is 0 Å². The first-order valence-electron chi connectivity index (χ1n) is 7.10. The summed E-state index contributed by atoms with van der Waals surface area (Å²) in [4.78, 5) is 14.5. The van der Waals surface area contributed by atoms with Crippen LogP contribution in [0.3, 0.4) is 0 Å². The second-order valence-corrected chi connectivity index (χ2v) is 6.84. The summed E-state index contributed by atoms with van der Waals surface area (Å²) >= 11 is 14.8. The molecule has 0 spiro atoms. The van der Waals surface area contributed by atoms with Crippen molar-refractivity contribution in [2.24, 2.45) is 0 Å². The molecule has 1 saturated heterocycles. The average Bonchev–Trinajstić information content (AvgIpc) is 2.49. The number of benzene rings is 1. The van der Waals surface area contributed by atoms with Crippen LogP contribution in [0.4, 0.5) is 0 Å². The summed E-state index contributed by atoms with van der Waals surface area (Å²) in [6.45, 7) is 3.06. The minimum atomic E-state index is -0.258. The Bertz CT molecular complexity index is 552. The Hall–Kier alpha value is -0.650. The minimum absolute atomic E-state index is 0.258. The highest BCUT2D eigenvalue weighted by atomic mass is 79.9. The summed E-state index contributed by atoms with van der Waals surface area (Å²) in [6, 6.07) is 5.62. The SMILES string of the molecule is CC[C@H]1CCCCN1C(=S)NC(=O)c1cc(Br)ccc1Cl. The number of nitrogens with zero attached hydrogens (tertiary/aromatic N) is 1. The third kappa shape index (κ3) is 4.18. The van der Waals surface area contributed by atoms with E-state index in [0.717, 1.165) is 30.3 Å². The van der Waals surface area contributed by atoms with E-state index in [4.69, 9.17) is 23.8 Å². The largest absolute Gasteiger partial charge is 0.346 e. The molecule has 0 aliphatic carbocycles. The molecule has 1 aliphatic heterocycles. The zero-order chi connectivity index (χ0) is 15.4. The zero-order valence-electron chi connectivity index (χ0n) is 11.9. The lowest BCUT2D eigenvalue weighted by Crippen LogP contribution is -2.49. The average molecular weight is 390 g/mol. The number of thiocarbonyl (C=S) groups is 1. The molecule has 1 aromatic carbocycles. The summed E-state index contributed by atoms with van der Waals surface area (Å²) in [5, 5.41) is 3.73. The number of carbonyl (C=O) groups is 1. The number of hydrogen-bond acceptors (Lipinski definition) is 2. The smallest absolute Gasteiger partial charge is 0.258 e. The second kappa shape index (κ2) is 7.56. The van der Waals surface area contributed by atoms with Gasteiger partial charge in [-0.2, -0.15) is 0 Å². The summed E-state index contributed by atoms with van der Waals surface area (Å²) in [5.41, 5.74) is 0.429. The van der Waals surface area contributed by atoms with Gasteiger partial charge in [-0.05, 0) is 56.1 Å². The van der Waals surface area contributed by atoms with E-state index >= 15 is 0 Å². The first kappa shape index (κ1) is 16.7. The molecule has 21 heavy (non-hydrogen) atoms. The molecule has 0 unspecified atom stereocenters. The van der Waals surface area contributed by atoms with Crippen molar-refractivity contribution >= 4 is 50.8 Å². The molecule has 0 radical (unpaired) electrons. The Kier molecular flexibility index (Phi) is 6.02. The molecule has 6 heteroatoms. The number of nitrogens with one attached hydrogen (secondary N) is 1. The van der Waals surface area contributed by atoms with Gasteiger partial charge in [0.1, 0.15) is 0 Å². The first-order valence-corrected chi connectivity index (χ1v) is 8.68. The summed E-state index contributed by atoms with van der Waals surface area (Å²) in [5.74, 6) is -0.258. The van der Waals surface area contributed by atoms with E-state index in [0.29, 0.717) is 21.7 Å². The van der Waals surface area contributed by atoms with Crippen molar-refractivity contribution in [3.8, 4) is 0 Å². The van der Waals surface area contributed by atoms with Crippen LogP contribution in [-0.2, 0) is 0 Å². The Morgan fingerprint density at radius 1 is 1.52 bits per heavy atom. The zero-order valence-corrected chi connectivity index (χ0v) is 15.0. The van der Waals surface area contributed by atoms with E-state index in [1.54, 1.807) is 18.2 Å². The third-order valence-corrected chi connectivity index (χ3v) is 4.91. The van der Waals surface area contributed by atoms with Crippen LogP contribution < -0.4 is 5.32 Å². The van der Waals surface area contributed by atoms with E-state index in [1.165, 1.54) is 6.42 Å². The van der Waals surface area contributed by atoms with Crippen molar-refractivity contribution in [2.75, 3.05) is 6.54 Å². The standard InChI is InChI=1S/C15H18BrClN2OS/c1-2-11-5-3-4-8-19(11)15(21)18-14(20)12-9-10(16)6-7-13(12)17/h6-7,9,11H,2-5,8H2,1H3,(H,18,20,21)/t11-/m0/s1. The van der Waals surface area contributed by atoms with Crippen LogP contribution in [0.1, 0.15) is 43.0 Å². The van der Waals surface area contributed by atoms with Gasteiger partial charge in [-0.25, -0.2) is 0 Å². The van der Waals surface area contributed by atoms with Gasteiger partial charge in [0.05, 0.1) is 10.6 Å². The summed E-state index contributed by atoms with van der Waals surface area (Å²) in [6.07, 6.45) is 4.50. The molecule has 1 amide bonds. The van der Waals surface area contributed by atoms with Gasteiger partial charge in [0, 0.05) is 17.1 Å². The highest BCUT2D eigenvalue weighted by molar-refractivity contribution is 9.10. The number of amides is 1. The highest BCUT2D eigenvalue weighted by Gasteiger charge is 2.24. The molecule has 3 nitrogen and oxygen atoms in total. The molecule has 0 saturated carbocycles. The monoisotopic (exact) mass is 388 g/mol. The molecule has 1 aromatic rings. The quantitative estimate of drug-likeness (QED) is 0.762. The minimum Gasteiger partial charge on any atom is -0.346 e. The van der Waals surface area contributed by atoms with Gasteiger partial charge in [0.2, 0.25) is 0 Å². The van der Waals surface area contributed by atoms with Crippen molar-refractivity contribution < 1.29 is 4.79 Å². The van der Waals surface area contributed by atoms with E-state index < -0.39 is 0 Å². The molecule has 1 aliphatic rings. The summed E-state index contributed by atoms with van der Waals surface area (Å²) < 4.78 is 0.812. The number of piperidine rings is 1. The fourth-order valence-electron chi connectivity index (χ4n) is 2.60. The molecule has 114 valence electrons. The first-order chi connectivity index (χ1) is 10.0. The predicted molar refractivity (Wildman–Crippen MR) is 93.9 cm³/mol. The Labute approximate surface area is 144 Å². The number of halogens is 2. The molecule has 1 heterocycles. The topological polar surface area (TPSA) is 32.3 Å². The lowest BCUT2D eigenvalue weighted by molar-refractivity contribution is 0.0969. The van der Waals surface area contributed by atoms with E-state index in [9.17, 15) is 4.79 Å². The van der Waals surface area contributed by atoms with Gasteiger partial charge in [0.25, 0.3) is 5.91 Å². The second-order valence-electron chi connectivity index (χ2n) is 5.13. The third-order valence-electron chi connectivity index (χ3n) is 3.75. The molecule has 1 N–H and O–H groups in total. The molecular weight excluding hydrogens is 372 g/mol. The van der Waals surface area contributed by atoms with Crippen LogP contribution in [0, 0.1) is 0 Å². The van der Waals surface area contributed by atoms with Gasteiger partial charge in [0.15, 0.2) is 5.11 Å². The van der Waals surface area contributed by atoms with Gasteiger partial charge in [-0.1, -0.05) is 34.5 Å². The number of hydrogen-bond donors (Lipinski definition) is 1. The number of carbonyl (C=O) groups excluding carboxylic acids is 1. The molecule has 0 aromatic heterocycles. The van der Waals surface area contributed by atoms with Crippen LogP contribution in [0.2, 0.25) is 5.02 Å². The molecule has 1 fully saturated rings. The molecule has 1 atom stereocenters. The van der Waals surface area contributed by atoms with Gasteiger partial charge >= 0.3 is 0 Å². The number of likely N-dealkylation sites (tertiary alicyclic amines) is 1. The van der Waals surface area contributed by atoms with Crippen LogP contribution in [0.5, 0.6) is 0 Å². The molecule has 2 rings (SSSR count). The van der Waals surface area contributed by atoms with Crippen molar-refractivity contribution in [2.45, 2.75) is 38.6 Å². The van der Waals surface area contributed by atoms with E-state index in [1.807, 2.05) is 0 Å². The maximum Gasteiger partial charge on any atom is 0.258 e. The Morgan fingerprint density at radius 2 is 2.29 bits per heavy atom. The van der Waals surface area contributed by atoms with Crippen molar-refractivity contribution in [3.63, 3.8) is 0 Å². The highest BCUT2D eigenvalue weighted by Crippen LogP contribution is 2.22. The lowest BCUT2D eigenvalue weighted by Gasteiger charge is -2.37. The summed E-state index contributed by atoms with van der Waals surface area (Å²) in [7, 11) is 0. The van der Waals surface area contributed by atoms with Crippen LogP contribution in [0.15, 0.2) is 22.7 Å². The van der Waals surface area contributed by atoms with Crippen LogP contribution in [0.25, 0.3) is 0 Å². The lowest BCUT2D eigenvalue weighted by atomic mass is 10.0. The fourth-order valence-corrected chi connectivity index (χ4v) is 3.50. The molecular formula is C15H18BrClN2OS. The predicted octanol–water partition coefficient (Wildman–Crippen LogP) is 4.38. The maximum atomic E-state index is 12.3. The normalized spacial score (nSPS) is 18.4. The Balaban J connectivity index is 2.08. The fraction of sp³-hybridized carbons (Fsp3) is 0.467. The van der Waals surface area contributed by atoms with E-state index in [-0.39, 0.29) is 5.91 Å². The van der Waals surface area contributed by atoms with Crippen LogP contribution >= 0.6 is 39.7 Å². The van der Waals surface area contributed by atoms with Crippen molar-refractivity contribution in [3.05, 3.63) is 33.3 Å². The van der Waals surface area contributed by atoms with Crippen LogP contribution in [-0.4, -0.2) is 28.5 Å². The molecule has 0 bridgehead atoms. The maximum absolute atomic E-state index is 12.3. The van der Waals surface area contributed by atoms with Gasteiger partial charge in [-0.15, -0.1) is 0 Å². The van der Waals surface area contributed by atoms with Gasteiger partial charge < -0.3 is 4.90 Å².